The molecule has 0 aromatic rings. The Labute approximate surface area is 91.8 Å². The molecular weight excluding hydrogens is 192 g/mol. The number of primary amides is 1. The van der Waals surface area contributed by atoms with Crippen LogP contribution < -0.4 is 5.73 Å². The first-order valence-electron chi connectivity index (χ1n) is 5.57. The summed E-state index contributed by atoms with van der Waals surface area (Å²) in [5.41, 5.74) is 5.20. The Morgan fingerprint density at radius 3 is 2.67 bits per heavy atom. The summed E-state index contributed by atoms with van der Waals surface area (Å²) in [5, 5.41) is 0. The van der Waals surface area contributed by atoms with E-state index < -0.39 is 0 Å². The van der Waals surface area contributed by atoms with Crippen LogP contribution in [-0.2, 0) is 9.53 Å². The second-order valence-electron chi connectivity index (χ2n) is 4.94. The smallest absolute Gasteiger partial charge is 0.234 e. The SMILES string of the molecule is CCC(C(N)=O)N1CC(C)OC(C)(C)C1. The van der Waals surface area contributed by atoms with Crippen LogP contribution in [0.2, 0.25) is 0 Å². The Morgan fingerprint density at radius 2 is 2.27 bits per heavy atom. The molecule has 0 spiro atoms. The molecule has 0 aliphatic carbocycles. The van der Waals surface area contributed by atoms with Crippen LogP contribution in [0.25, 0.3) is 0 Å². The fraction of sp³-hybridized carbons (Fsp3) is 0.909. The third kappa shape index (κ3) is 3.18. The van der Waals surface area contributed by atoms with E-state index in [1.54, 1.807) is 0 Å². The van der Waals surface area contributed by atoms with Gasteiger partial charge < -0.3 is 10.5 Å². The van der Waals surface area contributed by atoms with Gasteiger partial charge in [0.1, 0.15) is 0 Å². The highest BCUT2D eigenvalue weighted by Crippen LogP contribution is 2.23. The molecule has 1 rings (SSSR count). The molecular formula is C11H22N2O2. The zero-order chi connectivity index (χ0) is 11.6. The minimum Gasteiger partial charge on any atom is -0.370 e. The summed E-state index contributed by atoms with van der Waals surface area (Å²) in [6.45, 7) is 9.65. The topological polar surface area (TPSA) is 55.6 Å². The second-order valence-corrected chi connectivity index (χ2v) is 4.94. The molecule has 0 aromatic heterocycles. The third-order valence-corrected chi connectivity index (χ3v) is 2.75. The number of nitrogens with zero attached hydrogens (tertiary/aromatic N) is 1. The standard InChI is InChI=1S/C11H22N2O2/c1-5-9(10(12)14)13-6-8(2)15-11(3,4)7-13/h8-9H,5-7H2,1-4H3,(H2,12,14). The van der Waals surface area contributed by atoms with Gasteiger partial charge in [-0.15, -0.1) is 0 Å². The Kier molecular flexibility index (Phi) is 3.73. The summed E-state index contributed by atoms with van der Waals surface area (Å²) in [5.74, 6) is -0.234. The zero-order valence-electron chi connectivity index (χ0n) is 10.1. The lowest BCUT2D eigenvalue weighted by atomic mass is 10.0. The minimum atomic E-state index is -0.234. The van der Waals surface area contributed by atoms with E-state index in [2.05, 4.69) is 4.90 Å². The number of rotatable bonds is 3. The van der Waals surface area contributed by atoms with Crippen molar-refractivity contribution in [1.82, 2.24) is 4.90 Å². The molecule has 0 bridgehead atoms. The van der Waals surface area contributed by atoms with Crippen LogP contribution in [0.15, 0.2) is 0 Å². The van der Waals surface area contributed by atoms with Gasteiger partial charge in [-0.1, -0.05) is 6.92 Å². The maximum atomic E-state index is 11.3. The van der Waals surface area contributed by atoms with Crippen molar-refractivity contribution in [2.45, 2.75) is 51.9 Å². The van der Waals surface area contributed by atoms with E-state index in [1.807, 2.05) is 27.7 Å². The van der Waals surface area contributed by atoms with Crippen LogP contribution in [0.1, 0.15) is 34.1 Å². The van der Waals surface area contributed by atoms with Gasteiger partial charge in [0.05, 0.1) is 17.7 Å². The average molecular weight is 214 g/mol. The Hall–Kier alpha value is -0.610. The van der Waals surface area contributed by atoms with E-state index in [4.69, 9.17) is 10.5 Å². The molecule has 4 nitrogen and oxygen atoms in total. The highest BCUT2D eigenvalue weighted by atomic mass is 16.5. The van der Waals surface area contributed by atoms with Gasteiger partial charge in [-0.25, -0.2) is 0 Å². The number of carbonyl (C=O) groups is 1. The summed E-state index contributed by atoms with van der Waals surface area (Å²) in [4.78, 5) is 13.4. The predicted octanol–water partition coefficient (Wildman–Crippen LogP) is 0.750. The van der Waals surface area contributed by atoms with Gasteiger partial charge in [0.15, 0.2) is 0 Å². The molecule has 1 aliphatic heterocycles. The molecule has 1 heterocycles. The van der Waals surface area contributed by atoms with Gasteiger partial charge in [0.2, 0.25) is 5.91 Å². The molecule has 15 heavy (non-hydrogen) atoms. The molecule has 0 saturated carbocycles. The Bertz CT molecular complexity index is 241. The van der Waals surface area contributed by atoms with Crippen LogP contribution in [0.3, 0.4) is 0 Å². The third-order valence-electron chi connectivity index (χ3n) is 2.75. The average Bonchev–Trinajstić information content (AvgIpc) is 1.99. The maximum absolute atomic E-state index is 11.3. The number of amides is 1. The van der Waals surface area contributed by atoms with Crippen molar-refractivity contribution in [2.24, 2.45) is 5.73 Å². The normalized spacial score (nSPS) is 28.7. The van der Waals surface area contributed by atoms with E-state index in [-0.39, 0.29) is 23.7 Å². The number of hydrogen-bond acceptors (Lipinski definition) is 3. The van der Waals surface area contributed by atoms with Crippen molar-refractivity contribution in [1.29, 1.82) is 0 Å². The highest BCUT2D eigenvalue weighted by Gasteiger charge is 2.35. The molecule has 88 valence electrons. The van der Waals surface area contributed by atoms with Crippen LogP contribution in [0.4, 0.5) is 0 Å². The number of morpholine rings is 1. The molecule has 1 saturated heterocycles. The van der Waals surface area contributed by atoms with Gasteiger partial charge in [0, 0.05) is 13.1 Å². The first-order chi connectivity index (χ1) is 6.85. The second kappa shape index (κ2) is 4.49. The van der Waals surface area contributed by atoms with Crippen molar-refractivity contribution in [3.8, 4) is 0 Å². The van der Waals surface area contributed by atoms with E-state index in [1.165, 1.54) is 0 Å². The number of hydrogen-bond donors (Lipinski definition) is 1. The number of carbonyl (C=O) groups excluding carboxylic acids is 1. The molecule has 1 fully saturated rings. The monoisotopic (exact) mass is 214 g/mol. The van der Waals surface area contributed by atoms with Gasteiger partial charge >= 0.3 is 0 Å². The Morgan fingerprint density at radius 1 is 1.67 bits per heavy atom. The van der Waals surface area contributed by atoms with Crippen molar-refractivity contribution in [3.05, 3.63) is 0 Å². The molecule has 4 heteroatoms. The van der Waals surface area contributed by atoms with Gasteiger partial charge in [-0.2, -0.15) is 0 Å². The summed E-state index contributed by atoms with van der Waals surface area (Å²) in [6.07, 6.45) is 0.917. The quantitative estimate of drug-likeness (QED) is 0.754. The lowest BCUT2D eigenvalue weighted by molar-refractivity contribution is -0.148. The predicted molar refractivity (Wildman–Crippen MR) is 59.5 cm³/mol. The van der Waals surface area contributed by atoms with Crippen molar-refractivity contribution >= 4 is 5.91 Å². The summed E-state index contributed by atoms with van der Waals surface area (Å²) in [7, 11) is 0. The summed E-state index contributed by atoms with van der Waals surface area (Å²) >= 11 is 0. The van der Waals surface area contributed by atoms with Gasteiger partial charge in [-0.3, -0.25) is 9.69 Å². The lowest BCUT2D eigenvalue weighted by Crippen LogP contribution is -2.57. The number of nitrogens with two attached hydrogens (primary N) is 1. The van der Waals surface area contributed by atoms with Crippen LogP contribution in [0, 0.1) is 0 Å². The van der Waals surface area contributed by atoms with Crippen molar-refractivity contribution < 1.29 is 9.53 Å². The number of ether oxygens (including phenoxy) is 1. The molecule has 1 aliphatic rings. The lowest BCUT2D eigenvalue weighted by Gasteiger charge is -2.44. The van der Waals surface area contributed by atoms with Crippen LogP contribution in [0.5, 0.6) is 0 Å². The summed E-state index contributed by atoms with van der Waals surface area (Å²) < 4.78 is 5.78. The van der Waals surface area contributed by atoms with Gasteiger partial charge in [-0.05, 0) is 27.2 Å². The molecule has 2 unspecified atom stereocenters. The first kappa shape index (κ1) is 12.5. The molecule has 0 aromatic carbocycles. The Balaban J connectivity index is 2.72. The van der Waals surface area contributed by atoms with E-state index in [9.17, 15) is 4.79 Å². The van der Waals surface area contributed by atoms with E-state index in [0.717, 1.165) is 19.5 Å². The highest BCUT2D eigenvalue weighted by molar-refractivity contribution is 5.79. The fourth-order valence-corrected chi connectivity index (χ4v) is 2.38. The largest absolute Gasteiger partial charge is 0.370 e. The van der Waals surface area contributed by atoms with Crippen molar-refractivity contribution in [2.75, 3.05) is 13.1 Å². The molecule has 1 amide bonds. The molecule has 2 atom stereocenters. The van der Waals surface area contributed by atoms with E-state index >= 15 is 0 Å². The first-order valence-corrected chi connectivity index (χ1v) is 5.57. The van der Waals surface area contributed by atoms with Crippen molar-refractivity contribution in [3.63, 3.8) is 0 Å². The zero-order valence-corrected chi connectivity index (χ0v) is 10.1. The molecule has 0 radical (unpaired) electrons. The maximum Gasteiger partial charge on any atom is 0.234 e. The van der Waals surface area contributed by atoms with Crippen LogP contribution >= 0.6 is 0 Å². The summed E-state index contributed by atoms with van der Waals surface area (Å²) in [6, 6.07) is -0.157. The van der Waals surface area contributed by atoms with Gasteiger partial charge in [0.25, 0.3) is 0 Å². The van der Waals surface area contributed by atoms with E-state index in [0.29, 0.717) is 0 Å². The van der Waals surface area contributed by atoms with Crippen LogP contribution in [-0.4, -0.2) is 41.6 Å². The molecule has 2 N–H and O–H groups in total. The minimum absolute atomic E-state index is 0.155. The fourth-order valence-electron chi connectivity index (χ4n) is 2.38.